The first-order chi connectivity index (χ1) is 17.2. The molecule has 0 radical (unpaired) electrons. The van der Waals surface area contributed by atoms with Crippen LogP contribution in [-0.2, 0) is 0 Å². The maximum Gasteiger partial charge on any atom is 0.159 e. The molecule has 0 fully saturated rings. The maximum atomic E-state index is 2.65. The third-order valence-corrected chi connectivity index (χ3v) is 16.8. The average Bonchev–Trinajstić information content (AvgIpc) is 3.01. The quantitative estimate of drug-likeness (QED) is 0.244. The predicted octanol–water partition coefficient (Wildman–Crippen LogP) is 7.30. The predicted molar refractivity (Wildman–Crippen MR) is 171 cm³/mol. The number of rotatable bonds is 5. The van der Waals surface area contributed by atoms with E-state index in [9.17, 15) is 0 Å². The molecular weight excluding hydrogens is 477 g/mol. The van der Waals surface area contributed by atoms with Crippen LogP contribution in [0.25, 0.3) is 0 Å². The summed E-state index contributed by atoms with van der Waals surface area (Å²) < 4.78 is 0. The number of hydrogen-bond acceptors (Lipinski definition) is 0. The third-order valence-electron chi connectivity index (χ3n) is 9.08. The molecule has 0 nitrogen and oxygen atoms in total. The van der Waals surface area contributed by atoms with E-state index < -0.39 is 16.1 Å². The van der Waals surface area contributed by atoms with Crippen LogP contribution in [-0.4, -0.2) is 16.1 Å². The summed E-state index contributed by atoms with van der Waals surface area (Å²) in [4.78, 5) is 0. The summed E-state index contributed by atoms with van der Waals surface area (Å²) in [5.74, 6) is 0. The lowest BCUT2D eigenvalue weighted by atomic mass is 10.1. The molecule has 37 heavy (non-hydrogen) atoms. The van der Waals surface area contributed by atoms with Gasteiger partial charge in [-0.15, -0.1) is 0 Å². The van der Waals surface area contributed by atoms with Crippen molar-refractivity contribution in [2.45, 2.75) is 87.5 Å². The molecule has 0 heterocycles. The van der Waals surface area contributed by atoms with Crippen LogP contribution in [0.15, 0.2) is 76.9 Å². The lowest BCUT2D eigenvalue weighted by molar-refractivity contribution is 1.09. The monoisotopic (exact) mass is 522 g/mol. The van der Waals surface area contributed by atoms with Crippen molar-refractivity contribution in [3.8, 4) is 0 Å². The Morgan fingerprint density at radius 3 is 1.35 bits per heavy atom. The van der Waals surface area contributed by atoms with Crippen LogP contribution in [0.1, 0.15) is 55.5 Å². The summed E-state index contributed by atoms with van der Waals surface area (Å²) in [5.41, 5.74) is 13.5. The SMILES string of the molecule is CC1=C(C)C([Si](c2cc(C)cc([Si](C)(C)C)c2)(c2cc(C)ccc2C)c2cc(C)ccc2C)C(C)=C1C. The van der Waals surface area contributed by atoms with Gasteiger partial charge in [0.15, 0.2) is 8.07 Å². The molecule has 0 amide bonds. The van der Waals surface area contributed by atoms with Gasteiger partial charge in [0.05, 0.1) is 8.07 Å². The van der Waals surface area contributed by atoms with Crippen LogP contribution in [0.2, 0.25) is 25.2 Å². The summed E-state index contributed by atoms with van der Waals surface area (Å²) in [7, 11) is -4.12. The van der Waals surface area contributed by atoms with Crippen LogP contribution >= 0.6 is 0 Å². The average molecular weight is 523 g/mol. The molecule has 3 aromatic carbocycles. The molecule has 1 aliphatic rings. The van der Waals surface area contributed by atoms with E-state index >= 15 is 0 Å². The zero-order valence-corrected chi connectivity index (χ0v) is 27.3. The third kappa shape index (κ3) is 4.57. The van der Waals surface area contributed by atoms with E-state index in [1.165, 1.54) is 39.0 Å². The topological polar surface area (TPSA) is 0 Å². The summed E-state index contributed by atoms with van der Waals surface area (Å²) >= 11 is 0. The normalized spacial score (nSPS) is 15.2. The largest absolute Gasteiger partial charge is 0.159 e. The molecule has 0 aliphatic heterocycles. The molecule has 194 valence electrons. The molecule has 0 unspecified atom stereocenters. The Balaban J connectivity index is 2.33. The van der Waals surface area contributed by atoms with E-state index in [-0.39, 0.29) is 0 Å². The smallest absolute Gasteiger partial charge is 0.0656 e. The Labute approximate surface area is 228 Å². The van der Waals surface area contributed by atoms with E-state index in [4.69, 9.17) is 0 Å². The van der Waals surface area contributed by atoms with E-state index in [1.807, 2.05) is 0 Å². The second-order valence-corrected chi connectivity index (χ2v) is 21.8. The fraction of sp³-hybridized carbons (Fsp3) is 0.371. The lowest BCUT2D eigenvalue weighted by Crippen LogP contribution is -2.72. The second-order valence-electron chi connectivity index (χ2n) is 12.8. The van der Waals surface area contributed by atoms with Crippen LogP contribution in [0, 0.1) is 34.6 Å². The van der Waals surface area contributed by atoms with Gasteiger partial charge in [0.1, 0.15) is 0 Å². The van der Waals surface area contributed by atoms with Crippen LogP contribution < -0.4 is 20.7 Å². The zero-order chi connectivity index (χ0) is 27.4. The van der Waals surface area contributed by atoms with Crippen molar-refractivity contribution in [3.63, 3.8) is 0 Å². The number of allylic oxidation sites excluding steroid dienone is 4. The fourth-order valence-electron chi connectivity index (χ4n) is 6.70. The molecule has 0 bridgehead atoms. The molecule has 2 heteroatoms. The van der Waals surface area contributed by atoms with Crippen LogP contribution in [0.5, 0.6) is 0 Å². The summed E-state index contributed by atoms with van der Waals surface area (Å²) in [6, 6.07) is 22.1. The standard InChI is InChI=1S/C35H46Si2/c1-22-13-15-25(4)33(19-22)37(34-20-23(2)14-16-26(34)5,35-29(8)27(6)28(7)30(35)9)32-18-24(3)17-31(21-32)36(10,11)12/h13-21,35H,1-12H3. The molecule has 0 N–H and O–H groups in total. The first kappa shape index (κ1) is 27.6. The first-order valence-corrected chi connectivity index (χ1v) is 19.4. The minimum absolute atomic E-state index is 0.407. The summed E-state index contributed by atoms with van der Waals surface area (Å²) in [6.45, 7) is 28.6. The van der Waals surface area contributed by atoms with Crippen molar-refractivity contribution in [2.24, 2.45) is 0 Å². The highest BCUT2D eigenvalue weighted by Crippen LogP contribution is 2.47. The Kier molecular flexibility index (Phi) is 7.24. The summed E-state index contributed by atoms with van der Waals surface area (Å²) in [5, 5.41) is 6.32. The highest BCUT2D eigenvalue weighted by atomic mass is 28.3. The fourth-order valence-corrected chi connectivity index (χ4v) is 14.9. The molecule has 0 saturated carbocycles. The van der Waals surface area contributed by atoms with Crippen molar-refractivity contribution in [1.29, 1.82) is 0 Å². The molecule has 1 aliphatic carbocycles. The van der Waals surface area contributed by atoms with Crippen LogP contribution in [0.4, 0.5) is 0 Å². The Hall–Kier alpha value is -2.43. The Morgan fingerprint density at radius 1 is 0.486 bits per heavy atom. The van der Waals surface area contributed by atoms with Gasteiger partial charge in [-0.3, -0.25) is 0 Å². The van der Waals surface area contributed by atoms with E-state index in [2.05, 4.69) is 137 Å². The van der Waals surface area contributed by atoms with Crippen molar-refractivity contribution >= 4 is 36.9 Å². The minimum Gasteiger partial charge on any atom is -0.0656 e. The van der Waals surface area contributed by atoms with E-state index in [0.29, 0.717) is 5.54 Å². The van der Waals surface area contributed by atoms with Gasteiger partial charge in [0.2, 0.25) is 0 Å². The summed E-state index contributed by atoms with van der Waals surface area (Å²) in [6.07, 6.45) is 0. The van der Waals surface area contributed by atoms with Crippen molar-refractivity contribution in [2.75, 3.05) is 0 Å². The Morgan fingerprint density at radius 2 is 0.919 bits per heavy atom. The van der Waals surface area contributed by atoms with Crippen LogP contribution in [0.3, 0.4) is 0 Å². The van der Waals surface area contributed by atoms with Gasteiger partial charge in [-0.25, -0.2) is 0 Å². The van der Waals surface area contributed by atoms with Gasteiger partial charge < -0.3 is 0 Å². The maximum absolute atomic E-state index is 2.65. The molecule has 0 aromatic heterocycles. The molecule has 0 atom stereocenters. The van der Waals surface area contributed by atoms with Gasteiger partial charge in [-0.1, -0.05) is 118 Å². The molecule has 4 rings (SSSR count). The van der Waals surface area contributed by atoms with Gasteiger partial charge in [0, 0.05) is 5.54 Å². The number of hydrogen-bond donors (Lipinski definition) is 0. The zero-order valence-electron chi connectivity index (χ0n) is 25.3. The highest BCUT2D eigenvalue weighted by molar-refractivity contribution is 7.13. The minimum atomic E-state index is -2.59. The second kappa shape index (κ2) is 9.71. The van der Waals surface area contributed by atoms with Gasteiger partial charge >= 0.3 is 0 Å². The molecule has 0 spiro atoms. The van der Waals surface area contributed by atoms with Crippen molar-refractivity contribution in [3.05, 3.63) is 105 Å². The van der Waals surface area contributed by atoms with E-state index in [0.717, 1.165) is 0 Å². The van der Waals surface area contributed by atoms with Gasteiger partial charge in [-0.2, -0.15) is 0 Å². The highest BCUT2D eigenvalue weighted by Gasteiger charge is 2.51. The van der Waals surface area contributed by atoms with Crippen molar-refractivity contribution in [1.82, 2.24) is 0 Å². The first-order valence-electron chi connectivity index (χ1n) is 13.8. The lowest BCUT2D eigenvalue weighted by Gasteiger charge is -2.43. The molecular formula is C35H46Si2. The molecule has 0 saturated heterocycles. The van der Waals surface area contributed by atoms with Gasteiger partial charge in [-0.05, 0) is 89.0 Å². The van der Waals surface area contributed by atoms with Gasteiger partial charge in [0.25, 0.3) is 0 Å². The van der Waals surface area contributed by atoms with Crippen molar-refractivity contribution < 1.29 is 0 Å². The number of benzene rings is 3. The number of aryl methyl sites for hydroxylation is 5. The Bertz CT molecular complexity index is 1370. The van der Waals surface area contributed by atoms with E-state index in [1.54, 1.807) is 31.9 Å². The molecule has 3 aromatic rings.